The van der Waals surface area contributed by atoms with Gasteiger partial charge in [-0.2, -0.15) is 0 Å². The van der Waals surface area contributed by atoms with Gasteiger partial charge in [-0.25, -0.2) is 9.88 Å². The van der Waals surface area contributed by atoms with Crippen LogP contribution in [0.5, 0.6) is 0 Å². The van der Waals surface area contributed by atoms with Gasteiger partial charge in [-0.15, -0.1) is 0 Å². The topological polar surface area (TPSA) is 58.4 Å². The molecule has 0 radical (unpaired) electrons. The molecule has 2 aliphatic rings. The standard InChI is InChI=1S/C21H20N4O2/c1-14-6-4-7-15(12-14)25-19(26)13-18(20(25)27)24-11-5-10-23-17-9-3-2-8-16(17)22-21(23)24/h2-4,6-9,12,18H,5,10-11,13H2,1H3. The van der Waals surface area contributed by atoms with Crippen molar-refractivity contribution in [1.82, 2.24) is 9.55 Å². The van der Waals surface area contributed by atoms with Crippen molar-refractivity contribution in [2.75, 3.05) is 16.3 Å². The molecule has 0 spiro atoms. The van der Waals surface area contributed by atoms with Crippen LogP contribution in [-0.4, -0.2) is 34.0 Å². The molecule has 0 saturated carbocycles. The van der Waals surface area contributed by atoms with Crippen molar-refractivity contribution in [3.8, 4) is 0 Å². The van der Waals surface area contributed by atoms with E-state index in [0.717, 1.165) is 42.1 Å². The molecule has 5 rings (SSSR count). The minimum absolute atomic E-state index is 0.149. The summed E-state index contributed by atoms with van der Waals surface area (Å²) in [5, 5.41) is 0. The molecule has 2 aromatic carbocycles. The van der Waals surface area contributed by atoms with Crippen molar-refractivity contribution in [2.24, 2.45) is 0 Å². The van der Waals surface area contributed by atoms with Gasteiger partial charge in [0.1, 0.15) is 6.04 Å². The first kappa shape index (κ1) is 16.1. The highest BCUT2D eigenvalue weighted by molar-refractivity contribution is 6.23. The van der Waals surface area contributed by atoms with Crippen LogP contribution in [0.1, 0.15) is 18.4 Å². The molecule has 6 nitrogen and oxygen atoms in total. The number of para-hydroxylation sites is 2. The lowest BCUT2D eigenvalue weighted by atomic mass is 10.2. The number of anilines is 2. The summed E-state index contributed by atoms with van der Waals surface area (Å²) in [6.07, 6.45) is 1.12. The Bertz CT molecular complexity index is 1070. The molecule has 2 amide bonds. The largest absolute Gasteiger partial charge is 0.330 e. The lowest BCUT2D eigenvalue weighted by Crippen LogP contribution is -2.46. The van der Waals surface area contributed by atoms with Crippen molar-refractivity contribution in [3.05, 3.63) is 54.1 Å². The summed E-state index contributed by atoms with van der Waals surface area (Å²) in [6.45, 7) is 3.57. The van der Waals surface area contributed by atoms with Gasteiger partial charge in [0.25, 0.3) is 5.91 Å². The fourth-order valence-electron chi connectivity index (χ4n) is 4.19. The third-order valence-electron chi connectivity index (χ3n) is 5.43. The smallest absolute Gasteiger partial charge is 0.257 e. The number of hydrogen-bond donors (Lipinski definition) is 0. The van der Waals surface area contributed by atoms with E-state index in [1.165, 1.54) is 4.90 Å². The van der Waals surface area contributed by atoms with Crippen LogP contribution in [0.4, 0.5) is 11.6 Å². The fraction of sp³-hybridized carbons (Fsp3) is 0.286. The average Bonchev–Trinajstić information content (AvgIpc) is 3.19. The van der Waals surface area contributed by atoms with Crippen LogP contribution in [0, 0.1) is 6.92 Å². The van der Waals surface area contributed by atoms with Crippen LogP contribution < -0.4 is 9.80 Å². The molecule has 1 unspecified atom stereocenters. The molecule has 0 aliphatic carbocycles. The Morgan fingerprint density at radius 1 is 1.04 bits per heavy atom. The number of aromatic nitrogens is 2. The molecule has 27 heavy (non-hydrogen) atoms. The monoisotopic (exact) mass is 360 g/mol. The highest BCUT2D eigenvalue weighted by Crippen LogP contribution is 2.33. The number of carbonyl (C=O) groups is 2. The summed E-state index contributed by atoms with van der Waals surface area (Å²) in [4.78, 5) is 34.0. The normalized spacial score (nSPS) is 19.8. The minimum atomic E-state index is -0.492. The number of imidazole rings is 1. The Labute approximate surface area is 157 Å². The zero-order valence-electron chi connectivity index (χ0n) is 15.1. The zero-order valence-corrected chi connectivity index (χ0v) is 15.1. The molecule has 1 saturated heterocycles. The maximum Gasteiger partial charge on any atom is 0.257 e. The van der Waals surface area contributed by atoms with Crippen LogP contribution in [0.3, 0.4) is 0 Å². The quantitative estimate of drug-likeness (QED) is 0.660. The Balaban J connectivity index is 1.53. The summed E-state index contributed by atoms with van der Waals surface area (Å²) >= 11 is 0. The predicted octanol–water partition coefficient (Wildman–Crippen LogP) is 2.89. The summed E-state index contributed by atoms with van der Waals surface area (Å²) in [6, 6.07) is 15.0. The highest BCUT2D eigenvalue weighted by Gasteiger charge is 2.44. The lowest BCUT2D eigenvalue weighted by Gasteiger charge is -2.32. The second-order valence-electron chi connectivity index (χ2n) is 7.23. The van der Waals surface area contributed by atoms with Crippen molar-refractivity contribution < 1.29 is 9.59 Å². The van der Waals surface area contributed by atoms with Gasteiger partial charge < -0.3 is 9.47 Å². The van der Waals surface area contributed by atoms with Crippen LogP contribution in [0.15, 0.2) is 48.5 Å². The Morgan fingerprint density at radius 3 is 2.74 bits per heavy atom. The van der Waals surface area contributed by atoms with Gasteiger partial charge in [-0.3, -0.25) is 9.59 Å². The van der Waals surface area contributed by atoms with Gasteiger partial charge in [0.2, 0.25) is 11.9 Å². The van der Waals surface area contributed by atoms with E-state index in [1.54, 1.807) is 0 Å². The SMILES string of the molecule is Cc1cccc(N2C(=O)CC(N3CCCn4c3nc3ccccc34)C2=O)c1. The van der Waals surface area contributed by atoms with Crippen molar-refractivity contribution in [3.63, 3.8) is 0 Å². The van der Waals surface area contributed by atoms with Gasteiger partial charge in [-0.05, 0) is 43.2 Å². The fourth-order valence-corrected chi connectivity index (χ4v) is 4.19. The maximum absolute atomic E-state index is 13.2. The Kier molecular flexibility index (Phi) is 3.53. The first-order chi connectivity index (χ1) is 13.1. The molecule has 136 valence electrons. The third kappa shape index (κ3) is 2.44. The van der Waals surface area contributed by atoms with Gasteiger partial charge in [0, 0.05) is 13.1 Å². The number of imide groups is 1. The molecule has 0 N–H and O–H groups in total. The number of amides is 2. The first-order valence-electron chi connectivity index (χ1n) is 9.29. The average molecular weight is 360 g/mol. The summed E-state index contributed by atoms with van der Waals surface area (Å²) in [7, 11) is 0. The maximum atomic E-state index is 13.2. The molecular weight excluding hydrogens is 340 g/mol. The zero-order chi connectivity index (χ0) is 18.5. The van der Waals surface area contributed by atoms with Gasteiger partial charge >= 0.3 is 0 Å². The van der Waals surface area contributed by atoms with Crippen LogP contribution in [-0.2, 0) is 16.1 Å². The second kappa shape index (κ2) is 5.94. The molecular formula is C21H20N4O2. The second-order valence-corrected chi connectivity index (χ2v) is 7.23. The highest BCUT2D eigenvalue weighted by atomic mass is 16.2. The molecule has 3 heterocycles. The van der Waals surface area contributed by atoms with Crippen LogP contribution >= 0.6 is 0 Å². The molecule has 1 aromatic heterocycles. The van der Waals surface area contributed by atoms with Crippen molar-refractivity contribution in [1.29, 1.82) is 0 Å². The predicted molar refractivity (Wildman–Crippen MR) is 104 cm³/mol. The Morgan fingerprint density at radius 2 is 1.89 bits per heavy atom. The lowest BCUT2D eigenvalue weighted by molar-refractivity contribution is -0.121. The minimum Gasteiger partial charge on any atom is -0.330 e. The molecule has 1 fully saturated rings. The molecule has 2 aliphatic heterocycles. The van der Waals surface area contributed by atoms with Gasteiger partial charge in [0.15, 0.2) is 0 Å². The summed E-state index contributed by atoms with van der Waals surface area (Å²) < 4.78 is 2.16. The molecule has 3 aromatic rings. The summed E-state index contributed by atoms with van der Waals surface area (Å²) in [5.41, 5.74) is 3.67. The van der Waals surface area contributed by atoms with Crippen molar-refractivity contribution in [2.45, 2.75) is 32.4 Å². The first-order valence-corrected chi connectivity index (χ1v) is 9.29. The van der Waals surface area contributed by atoms with Crippen LogP contribution in [0.25, 0.3) is 11.0 Å². The van der Waals surface area contributed by atoms with E-state index >= 15 is 0 Å². The van der Waals surface area contributed by atoms with Crippen molar-refractivity contribution >= 4 is 34.5 Å². The van der Waals surface area contributed by atoms with E-state index in [1.807, 2.05) is 54.3 Å². The number of hydrogen-bond acceptors (Lipinski definition) is 4. The van der Waals surface area contributed by atoms with E-state index in [9.17, 15) is 9.59 Å². The number of fused-ring (bicyclic) bond motifs is 3. The van der Waals surface area contributed by atoms with Gasteiger partial charge in [0.05, 0.1) is 23.1 Å². The number of carbonyl (C=O) groups excluding carboxylic acids is 2. The number of rotatable bonds is 2. The molecule has 0 bridgehead atoms. The van der Waals surface area contributed by atoms with E-state index < -0.39 is 6.04 Å². The van der Waals surface area contributed by atoms with Gasteiger partial charge in [-0.1, -0.05) is 24.3 Å². The number of nitrogens with zero attached hydrogens (tertiary/aromatic N) is 4. The van der Waals surface area contributed by atoms with E-state index in [2.05, 4.69) is 10.6 Å². The number of aryl methyl sites for hydroxylation is 2. The van der Waals surface area contributed by atoms with E-state index in [4.69, 9.17) is 4.98 Å². The van der Waals surface area contributed by atoms with E-state index in [-0.39, 0.29) is 18.2 Å². The Hall–Kier alpha value is -3.15. The summed E-state index contributed by atoms with van der Waals surface area (Å²) in [5.74, 6) is 0.481. The van der Waals surface area contributed by atoms with Crippen LogP contribution in [0.2, 0.25) is 0 Å². The number of benzene rings is 2. The van der Waals surface area contributed by atoms with E-state index in [0.29, 0.717) is 5.69 Å². The molecule has 6 heteroatoms. The molecule has 1 atom stereocenters. The third-order valence-corrected chi connectivity index (χ3v) is 5.43.